The Hall–Kier alpha value is -2.38. The maximum Gasteiger partial charge on any atom is 0.244 e. The van der Waals surface area contributed by atoms with Gasteiger partial charge in [0.05, 0.1) is 11.4 Å². The Balaban J connectivity index is 1.51. The van der Waals surface area contributed by atoms with Crippen LogP contribution in [0.15, 0.2) is 57.9 Å². The number of hydrogen-bond acceptors (Lipinski definition) is 4. The van der Waals surface area contributed by atoms with Gasteiger partial charge < -0.3 is 9.73 Å². The summed E-state index contributed by atoms with van der Waals surface area (Å²) in [7, 11) is -3.59. The molecule has 2 N–H and O–H groups in total. The topological polar surface area (TPSA) is 88.4 Å². The van der Waals surface area contributed by atoms with Gasteiger partial charge in [-0.25, -0.2) is 13.1 Å². The third kappa shape index (κ3) is 6.07. The van der Waals surface area contributed by atoms with Gasteiger partial charge in [-0.2, -0.15) is 0 Å². The number of amides is 1. The highest BCUT2D eigenvalue weighted by Gasteiger charge is 2.15. The number of carbonyl (C=O) groups is 1. The molecule has 1 amide bonds. The second-order valence-electron chi connectivity index (χ2n) is 6.97. The van der Waals surface area contributed by atoms with Crippen LogP contribution in [-0.2, 0) is 21.4 Å². The predicted molar refractivity (Wildman–Crippen MR) is 108 cm³/mol. The highest BCUT2D eigenvalue weighted by Crippen LogP contribution is 2.17. The van der Waals surface area contributed by atoms with Crippen LogP contribution in [0.4, 0.5) is 0 Å². The van der Waals surface area contributed by atoms with E-state index < -0.39 is 10.0 Å². The SMILES string of the molecule is O=C(/C=C/c1ccc(CNS(=O)(=O)c2ccccc2)o1)NC1CCCCCC1. The number of hydrogen-bond donors (Lipinski definition) is 2. The van der Waals surface area contributed by atoms with E-state index in [9.17, 15) is 13.2 Å². The van der Waals surface area contributed by atoms with E-state index in [1.165, 1.54) is 31.1 Å². The number of carbonyl (C=O) groups excluding carboxylic acids is 1. The second kappa shape index (κ2) is 9.71. The first-order valence-corrected chi connectivity index (χ1v) is 11.1. The second-order valence-corrected chi connectivity index (χ2v) is 8.74. The lowest BCUT2D eigenvalue weighted by Crippen LogP contribution is -2.33. The van der Waals surface area contributed by atoms with Crippen LogP contribution in [0.5, 0.6) is 0 Å². The van der Waals surface area contributed by atoms with E-state index in [0.29, 0.717) is 11.5 Å². The average molecular weight is 403 g/mol. The fourth-order valence-corrected chi connectivity index (χ4v) is 4.27. The Morgan fingerprint density at radius 2 is 1.75 bits per heavy atom. The van der Waals surface area contributed by atoms with Crippen molar-refractivity contribution in [2.24, 2.45) is 0 Å². The smallest absolute Gasteiger partial charge is 0.244 e. The van der Waals surface area contributed by atoms with Gasteiger partial charge in [0.15, 0.2) is 0 Å². The van der Waals surface area contributed by atoms with Crippen LogP contribution in [-0.4, -0.2) is 20.4 Å². The van der Waals surface area contributed by atoms with Gasteiger partial charge in [0, 0.05) is 12.1 Å². The van der Waals surface area contributed by atoms with Gasteiger partial charge in [0.2, 0.25) is 15.9 Å². The summed E-state index contributed by atoms with van der Waals surface area (Å²) in [6.07, 6.45) is 9.93. The fraction of sp³-hybridized carbons (Fsp3) is 0.381. The Kier molecular flexibility index (Phi) is 7.06. The largest absolute Gasteiger partial charge is 0.460 e. The van der Waals surface area contributed by atoms with Gasteiger partial charge in [0.25, 0.3) is 0 Å². The third-order valence-corrected chi connectivity index (χ3v) is 6.19. The lowest BCUT2D eigenvalue weighted by atomic mass is 10.1. The Morgan fingerprint density at radius 1 is 1.04 bits per heavy atom. The molecule has 1 aliphatic carbocycles. The first kappa shape index (κ1) is 20.4. The number of furan rings is 1. The standard InChI is InChI=1S/C21H26N2O4S/c24-21(23-17-8-4-1-2-5-9-17)15-14-18-12-13-19(27-18)16-22-28(25,26)20-10-6-3-7-11-20/h3,6-7,10-15,17,22H,1-2,4-5,8-9,16H2,(H,23,24)/b15-14+. The average Bonchev–Trinajstić information content (AvgIpc) is 3.01. The molecule has 1 aliphatic rings. The molecule has 0 bridgehead atoms. The number of rotatable bonds is 7. The van der Waals surface area contributed by atoms with Gasteiger partial charge in [-0.15, -0.1) is 0 Å². The summed E-state index contributed by atoms with van der Waals surface area (Å²) in [5, 5.41) is 3.04. The highest BCUT2D eigenvalue weighted by molar-refractivity contribution is 7.89. The molecule has 0 saturated heterocycles. The highest BCUT2D eigenvalue weighted by atomic mass is 32.2. The molecule has 3 rings (SSSR count). The summed E-state index contributed by atoms with van der Waals surface area (Å²) in [6, 6.07) is 11.8. The molecule has 7 heteroatoms. The Labute approximate surface area is 166 Å². The van der Waals surface area contributed by atoms with Gasteiger partial charge in [-0.3, -0.25) is 4.79 Å². The quantitative estimate of drug-likeness (QED) is 0.547. The lowest BCUT2D eigenvalue weighted by Gasteiger charge is -2.14. The summed E-state index contributed by atoms with van der Waals surface area (Å²) in [5.41, 5.74) is 0. The van der Waals surface area contributed by atoms with Crippen LogP contribution in [0.25, 0.3) is 6.08 Å². The molecule has 0 atom stereocenters. The van der Waals surface area contributed by atoms with E-state index >= 15 is 0 Å². The number of sulfonamides is 1. The first-order chi connectivity index (χ1) is 13.5. The normalized spacial score (nSPS) is 16.1. The van der Waals surface area contributed by atoms with Crippen molar-refractivity contribution in [1.82, 2.24) is 10.0 Å². The van der Waals surface area contributed by atoms with Crippen molar-refractivity contribution in [3.63, 3.8) is 0 Å². The van der Waals surface area contributed by atoms with Crippen molar-refractivity contribution in [3.8, 4) is 0 Å². The van der Waals surface area contributed by atoms with Gasteiger partial charge in [0.1, 0.15) is 11.5 Å². The zero-order chi connectivity index (χ0) is 19.8. The van der Waals surface area contributed by atoms with Crippen molar-refractivity contribution >= 4 is 22.0 Å². The van der Waals surface area contributed by atoms with Gasteiger partial charge in [-0.1, -0.05) is 43.9 Å². The minimum absolute atomic E-state index is 0.0410. The van der Waals surface area contributed by atoms with Crippen LogP contribution in [0, 0.1) is 0 Å². The minimum atomic E-state index is -3.59. The Morgan fingerprint density at radius 3 is 2.46 bits per heavy atom. The lowest BCUT2D eigenvalue weighted by molar-refractivity contribution is -0.117. The van der Waals surface area contributed by atoms with E-state index in [2.05, 4.69) is 10.0 Å². The summed E-state index contributed by atoms with van der Waals surface area (Å²) in [5.74, 6) is 0.850. The summed E-state index contributed by atoms with van der Waals surface area (Å²) in [6.45, 7) is 0.0410. The molecule has 0 radical (unpaired) electrons. The summed E-state index contributed by atoms with van der Waals surface area (Å²) in [4.78, 5) is 12.3. The minimum Gasteiger partial charge on any atom is -0.460 e. The van der Waals surface area contributed by atoms with Gasteiger partial charge >= 0.3 is 0 Å². The molecule has 2 aromatic rings. The van der Waals surface area contributed by atoms with Crippen molar-refractivity contribution in [1.29, 1.82) is 0 Å². The molecule has 150 valence electrons. The molecule has 1 aromatic carbocycles. The molecule has 0 spiro atoms. The maximum absolute atomic E-state index is 12.2. The van der Waals surface area contributed by atoms with E-state index in [0.717, 1.165) is 25.7 Å². The Bertz CT molecular complexity index is 895. The molecule has 1 aromatic heterocycles. The molecule has 0 unspecified atom stereocenters. The van der Waals surface area contributed by atoms with Crippen molar-refractivity contribution in [2.45, 2.75) is 56.0 Å². The predicted octanol–water partition coefficient (Wildman–Crippen LogP) is 3.61. The monoisotopic (exact) mass is 402 g/mol. The molecule has 0 aliphatic heterocycles. The van der Waals surface area contributed by atoms with Crippen molar-refractivity contribution < 1.29 is 17.6 Å². The molecular formula is C21H26N2O4S. The van der Waals surface area contributed by atoms with Crippen LogP contribution < -0.4 is 10.0 Å². The van der Waals surface area contributed by atoms with E-state index in [4.69, 9.17) is 4.42 Å². The third-order valence-electron chi connectivity index (χ3n) is 4.77. The molecule has 1 fully saturated rings. The zero-order valence-electron chi connectivity index (χ0n) is 15.8. The molecule has 1 heterocycles. The number of benzene rings is 1. The van der Waals surface area contributed by atoms with Crippen molar-refractivity contribution in [2.75, 3.05) is 0 Å². The van der Waals surface area contributed by atoms with Crippen LogP contribution in [0.1, 0.15) is 50.0 Å². The first-order valence-electron chi connectivity index (χ1n) is 9.65. The summed E-state index contributed by atoms with van der Waals surface area (Å²) < 4.78 is 32.5. The van der Waals surface area contributed by atoms with Crippen LogP contribution >= 0.6 is 0 Å². The van der Waals surface area contributed by atoms with E-state index in [1.807, 2.05) is 0 Å². The zero-order valence-corrected chi connectivity index (χ0v) is 16.6. The van der Waals surface area contributed by atoms with Crippen LogP contribution in [0.3, 0.4) is 0 Å². The fourth-order valence-electron chi connectivity index (χ4n) is 3.26. The van der Waals surface area contributed by atoms with Crippen LogP contribution in [0.2, 0.25) is 0 Å². The molecule has 6 nitrogen and oxygen atoms in total. The molecule has 1 saturated carbocycles. The number of nitrogens with one attached hydrogen (secondary N) is 2. The van der Waals surface area contributed by atoms with E-state index in [-0.39, 0.29) is 23.4 Å². The van der Waals surface area contributed by atoms with E-state index in [1.54, 1.807) is 36.4 Å². The maximum atomic E-state index is 12.2. The van der Waals surface area contributed by atoms with Crippen molar-refractivity contribution in [3.05, 3.63) is 60.1 Å². The molecule has 28 heavy (non-hydrogen) atoms. The summed E-state index contributed by atoms with van der Waals surface area (Å²) >= 11 is 0. The van der Waals surface area contributed by atoms with Gasteiger partial charge in [-0.05, 0) is 43.2 Å². The molecular weight excluding hydrogens is 376 g/mol.